The molecule has 0 bridgehead atoms. The van der Waals surface area contributed by atoms with Crippen LogP contribution in [0.1, 0.15) is 20.7 Å². The van der Waals surface area contributed by atoms with Crippen LogP contribution in [0.15, 0.2) is 85.1 Å². The standard InChI is InChI=1S/C25H21N3O4/c1-31-22-11-7-6-10-20(22)23-21(16-28(27-23)19-8-4-3-5-9-19)24(29)26-18-14-12-17(13-15-18)25(30)32-2/h3-16H,1-2H3,(H,26,29). The summed E-state index contributed by atoms with van der Waals surface area (Å²) in [6.45, 7) is 0. The molecule has 0 saturated heterocycles. The van der Waals surface area contributed by atoms with Gasteiger partial charge in [0.05, 0.1) is 31.0 Å². The van der Waals surface area contributed by atoms with E-state index in [2.05, 4.69) is 10.4 Å². The van der Waals surface area contributed by atoms with Crippen LogP contribution in [0, 0.1) is 0 Å². The number of nitrogens with one attached hydrogen (secondary N) is 1. The number of hydrogen-bond acceptors (Lipinski definition) is 5. The maximum absolute atomic E-state index is 13.2. The molecule has 1 aromatic heterocycles. The highest BCUT2D eigenvalue weighted by Gasteiger charge is 2.21. The van der Waals surface area contributed by atoms with Crippen LogP contribution < -0.4 is 10.1 Å². The molecule has 7 heteroatoms. The molecule has 1 heterocycles. The van der Waals surface area contributed by atoms with Gasteiger partial charge in [-0.05, 0) is 48.5 Å². The Hall–Kier alpha value is -4.39. The van der Waals surface area contributed by atoms with Gasteiger partial charge in [0.25, 0.3) is 5.91 Å². The summed E-state index contributed by atoms with van der Waals surface area (Å²) in [5.74, 6) is -0.160. The summed E-state index contributed by atoms with van der Waals surface area (Å²) in [6.07, 6.45) is 1.69. The second-order valence-electron chi connectivity index (χ2n) is 6.89. The van der Waals surface area contributed by atoms with Gasteiger partial charge in [-0.15, -0.1) is 0 Å². The minimum atomic E-state index is -0.439. The van der Waals surface area contributed by atoms with Gasteiger partial charge in [0.1, 0.15) is 11.4 Å². The Balaban J connectivity index is 1.72. The summed E-state index contributed by atoms with van der Waals surface area (Å²) in [5, 5.41) is 7.55. The lowest BCUT2D eigenvalue weighted by molar-refractivity contribution is 0.0600. The molecule has 0 aliphatic carbocycles. The zero-order valence-electron chi connectivity index (χ0n) is 17.6. The quantitative estimate of drug-likeness (QED) is 0.455. The summed E-state index contributed by atoms with van der Waals surface area (Å²) in [4.78, 5) is 24.9. The van der Waals surface area contributed by atoms with E-state index in [4.69, 9.17) is 9.47 Å². The molecule has 0 saturated carbocycles. The molecule has 0 aliphatic rings. The molecular weight excluding hydrogens is 406 g/mol. The Morgan fingerprint density at radius 3 is 2.25 bits per heavy atom. The number of carbonyl (C=O) groups is 2. The zero-order chi connectivity index (χ0) is 22.5. The first kappa shape index (κ1) is 20.9. The van der Waals surface area contributed by atoms with Gasteiger partial charge in [-0.3, -0.25) is 4.79 Å². The number of aromatic nitrogens is 2. The third kappa shape index (κ3) is 4.22. The molecule has 3 aromatic carbocycles. The van der Waals surface area contributed by atoms with Crippen molar-refractivity contribution >= 4 is 17.6 Å². The largest absolute Gasteiger partial charge is 0.496 e. The van der Waals surface area contributed by atoms with Gasteiger partial charge >= 0.3 is 5.97 Å². The fourth-order valence-electron chi connectivity index (χ4n) is 3.30. The topological polar surface area (TPSA) is 82.5 Å². The lowest BCUT2D eigenvalue weighted by atomic mass is 10.1. The molecule has 4 rings (SSSR count). The van der Waals surface area contributed by atoms with Gasteiger partial charge in [-0.2, -0.15) is 5.10 Å². The third-order valence-electron chi connectivity index (χ3n) is 4.91. The Kier molecular flexibility index (Phi) is 5.98. The number of amides is 1. The first-order valence-corrected chi connectivity index (χ1v) is 9.89. The number of para-hydroxylation sites is 2. The normalized spacial score (nSPS) is 10.4. The van der Waals surface area contributed by atoms with Crippen molar-refractivity contribution in [3.63, 3.8) is 0 Å². The number of carbonyl (C=O) groups excluding carboxylic acids is 2. The maximum Gasteiger partial charge on any atom is 0.337 e. The second-order valence-corrected chi connectivity index (χ2v) is 6.89. The van der Waals surface area contributed by atoms with Crippen molar-refractivity contribution in [2.45, 2.75) is 0 Å². The fourth-order valence-corrected chi connectivity index (χ4v) is 3.30. The minimum absolute atomic E-state index is 0.334. The fraction of sp³-hybridized carbons (Fsp3) is 0.0800. The first-order valence-electron chi connectivity index (χ1n) is 9.89. The molecule has 0 aliphatic heterocycles. The maximum atomic E-state index is 13.2. The summed E-state index contributed by atoms with van der Waals surface area (Å²) >= 11 is 0. The van der Waals surface area contributed by atoms with E-state index in [1.807, 2.05) is 54.6 Å². The second kappa shape index (κ2) is 9.18. The zero-order valence-corrected chi connectivity index (χ0v) is 17.6. The van der Waals surface area contributed by atoms with Crippen molar-refractivity contribution < 1.29 is 19.1 Å². The summed E-state index contributed by atoms with van der Waals surface area (Å²) < 4.78 is 11.9. The molecule has 0 radical (unpaired) electrons. The molecule has 0 fully saturated rings. The van der Waals surface area contributed by atoms with E-state index in [-0.39, 0.29) is 5.91 Å². The van der Waals surface area contributed by atoms with Gasteiger partial charge in [0.2, 0.25) is 0 Å². The molecule has 0 unspecified atom stereocenters. The van der Waals surface area contributed by atoms with Crippen LogP contribution >= 0.6 is 0 Å². The number of ether oxygens (including phenoxy) is 2. The van der Waals surface area contributed by atoms with Gasteiger partial charge < -0.3 is 14.8 Å². The number of anilines is 1. The molecule has 7 nitrogen and oxygen atoms in total. The third-order valence-corrected chi connectivity index (χ3v) is 4.91. The van der Waals surface area contributed by atoms with Crippen molar-refractivity contribution in [2.75, 3.05) is 19.5 Å². The monoisotopic (exact) mass is 427 g/mol. The van der Waals surface area contributed by atoms with E-state index < -0.39 is 5.97 Å². The average molecular weight is 427 g/mol. The Morgan fingerprint density at radius 2 is 1.56 bits per heavy atom. The number of rotatable bonds is 6. The number of methoxy groups -OCH3 is 2. The molecule has 4 aromatic rings. The number of benzene rings is 3. The van der Waals surface area contributed by atoms with Crippen LogP contribution in [0.3, 0.4) is 0 Å². The van der Waals surface area contributed by atoms with E-state index >= 15 is 0 Å². The van der Waals surface area contributed by atoms with Gasteiger partial charge in [0.15, 0.2) is 0 Å². The summed E-state index contributed by atoms with van der Waals surface area (Å²) in [7, 11) is 2.90. The van der Waals surface area contributed by atoms with Crippen molar-refractivity contribution in [3.05, 3.63) is 96.2 Å². The SMILES string of the molecule is COC(=O)c1ccc(NC(=O)c2cn(-c3ccccc3)nc2-c2ccccc2OC)cc1. The van der Waals surface area contributed by atoms with E-state index in [0.29, 0.717) is 33.8 Å². The Labute approximate surface area is 185 Å². The minimum Gasteiger partial charge on any atom is -0.496 e. The smallest absolute Gasteiger partial charge is 0.337 e. The molecule has 1 N–H and O–H groups in total. The van der Waals surface area contributed by atoms with Crippen molar-refractivity contribution in [2.24, 2.45) is 0 Å². The van der Waals surface area contributed by atoms with Gasteiger partial charge in [0, 0.05) is 17.4 Å². The van der Waals surface area contributed by atoms with Crippen LogP contribution in [-0.2, 0) is 4.74 Å². The van der Waals surface area contributed by atoms with Crippen molar-refractivity contribution in [1.82, 2.24) is 9.78 Å². The van der Waals surface area contributed by atoms with Crippen LogP contribution in [0.4, 0.5) is 5.69 Å². The van der Waals surface area contributed by atoms with E-state index in [1.54, 1.807) is 42.3 Å². The molecule has 160 valence electrons. The summed E-state index contributed by atoms with van der Waals surface area (Å²) in [5.41, 5.74) is 3.35. The lowest BCUT2D eigenvalue weighted by Crippen LogP contribution is -2.12. The van der Waals surface area contributed by atoms with Crippen LogP contribution in [-0.4, -0.2) is 35.9 Å². The van der Waals surface area contributed by atoms with Gasteiger partial charge in [-0.25, -0.2) is 9.48 Å². The number of nitrogens with zero attached hydrogens (tertiary/aromatic N) is 2. The molecule has 32 heavy (non-hydrogen) atoms. The van der Waals surface area contributed by atoms with E-state index in [9.17, 15) is 9.59 Å². The Bertz CT molecular complexity index is 1250. The molecule has 0 spiro atoms. The highest BCUT2D eigenvalue weighted by molar-refractivity contribution is 6.08. The van der Waals surface area contributed by atoms with Gasteiger partial charge in [-0.1, -0.05) is 30.3 Å². The molecule has 0 atom stereocenters. The average Bonchev–Trinajstić information content (AvgIpc) is 3.30. The highest BCUT2D eigenvalue weighted by Crippen LogP contribution is 2.32. The van der Waals surface area contributed by atoms with E-state index in [1.165, 1.54) is 7.11 Å². The number of hydrogen-bond donors (Lipinski definition) is 1. The molecular formula is C25H21N3O4. The predicted octanol–water partition coefficient (Wildman–Crippen LogP) is 4.59. The van der Waals surface area contributed by atoms with Crippen molar-refractivity contribution in [1.29, 1.82) is 0 Å². The Morgan fingerprint density at radius 1 is 0.875 bits per heavy atom. The highest BCUT2D eigenvalue weighted by atomic mass is 16.5. The number of esters is 1. The predicted molar refractivity (Wildman–Crippen MR) is 121 cm³/mol. The van der Waals surface area contributed by atoms with Crippen LogP contribution in [0.2, 0.25) is 0 Å². The van der Waals surface area contributed by atoms with Crippen molar-refractivity contribution in [3.8, 4) is 22.7 Å². The van der Waals surface area contributed by atoms with E-state index in [0.717, 1.165) is 5.69 Å². The molecule has 1 amide bonds. The van der Waals surface area contributed by atoms with Crippen LogP contribution in [0.5, 0.6) is 5.75 Å². The first-order chi connectivity index (χ1) is 15.6. The van der Waals surface area contributed by atoms with Crippen LogP contribution in [0.25, 0.3) is 16.9 Å². The lowest BCUT2D eigenvalue weighted by Gasteiger charge is -2.09. The summed E-state index contributed by atoms with van der Waals surface area (Å²) in [6, 6.07) is 23.4.